The van der Waals surface area contributed by atoms with Crippen LogP contribution in [-0.4, -0.2) is 37.5 Å². The molecule has 0 radical (unpaired) electrons. The molecule has 1 unspecified atom stereocenters. The van der Waals surface area contributed by atoms with E-state index in [1.54, 1.807) is 0 Å². The van der Waals surface area contributed by atoms with Gasteiger partial charge in [-0.05, 0) is 31.6 Å². The molecule has 2 amide bonds. The lowest BCUT2D eigenvalue weighted by molar-refractivity contribution is -0.145. The summed E-state index contributed by atoms with van der Waals surface area (Å²) in [7, 11) is 1.33. The van der Waals surface area contributed by atoms with Crippen LogP contribution in [0.5, 0.6) is 0 Å². The Morgan fingerprint density at radius 2 is 1.81 bits per heavy atom. The van der Waals surface area contributed by atoms with Crippen molar-refractivity contribution < 1.29 is 19.1 Å². The monoisotopic (exact) mass is 296 g/mol. The van der Waals surface area contributed by atoms with E-state index in [0.29, 0.717) is 6.54 Å². The zero-order valence-electron chi connectivity index (χ0n) is 12.5. The van der Waals surface area contributed by atoms with E-state index < -0.39 is 6.04 Å². The summed E-state index contributed by atoms with van der Waals surface area (Å²) in [6.07, 6.45) is 6.20. The number of hydrogen-bond acceptors (Lipinski definition) is 4. The molecule has 0 heterocycles. The first-order chi connectivity index (χ1) is 10.1. The smallest absolute Gasteiger partial charge is 0.328 e. The number of rotatable bonds is 7. The Hall–Kier alpha value is -1.59. The van der Waals surface area contributed by atoms with Crippen LogP contribution in [0.2, 0.25) is 0 Å². The Kier molecular flexibility index (Phi) is 5.59. The van der Waals surface area contributed by atoms with Crippen molar-refractivity contribution in [3.8, 4) is 0 Å². The summed E-state index contributed by atoms with van der Waals surface area (Å²) in [5.41, 5.74) is 0. The third-order valence-corrected chi connectivity index (χ3v) is 4.24. The molecule has 21 heavy (non-hydrogen) atoms. The van der Waals surface area contributed by atoms with E-state index in [-0.39, 0.29) is 36.0 Å². The Labute approximate surface area is 125 Å². The number of ether oxygens (including phenoxy) is 1. The summed E-state index contributed by atoms with van der Waals surface area (Å²) in [6, 6.07) is -0.534. The summed E-state index contributed by atoms with van der Waals surface area (Å²) in [5, 5.41) is 5.51. The molecule has 2 saturated carbocycles. The molecular weight excluding hydrogens is 272 g/mol. The largest absolute Gasteiger partial charge is 0.467 e. The molecule has 0 aromatic heterocycles. The molecule has 0 aromatic carbocycles. The molecule has 1 atom stereocenters. The minimum Gasteiger partial charge on any atom is -0.467 e. The number of hydrogen-bond donors (Lipinski definition) is 2. The molecule has 2 rings (SSSR count). The van der Waals surface area contributed by atoms with Gasteiger partial charge in [-0.1, -0.05) is 12.8 Å². The second kappa shape index (κ2) is 7.43. The van der Waals surface area contributed by atoms with Gasteiger partial charge in [-0.3, -0.25) is 9.59 Å². The third-order valence-electron chi connectivity index (χ3n) is 4.24. The normalized spacial score (nSPS) is 19.9. The maximum atomic E-state index is 11.8. The van der Waals surface area contributed by atoms with Crippen LogP contribution < -0.4 is 10.6 Å². The zero-order valence-corrected chi connectivity index (χ0v) is 12.5. The molecule has 0 spiro atoms. The minimum absolute atomic E-state index is 0.0482. The van der Waals surface area contributed by atoms with Gasteiger partial charge in [-0.2, -0.15) is 0 Å². The van der Waals surface area contributed by atoms with E-state index in [1.165, 1.54) is 7.11 Å². The topological polar surface area (TPSA) is 84.5 Å². The highest BCUT2D eigenvalue weighted by atomic mass is 16.5. The summed E-state index contributed by atoms with van der Waals surface area (Å²) in [4.78, 5) is 35.2. The van der Waals surface area contributed by atoms with Crippen LogP contribution in [-0.2, 0) is 19.1 Å². The van der Waals surface area contributed by atoms with Gasteiger partial charge in [-0.25, -0.2) is 4.79 Å². The maximum absolute atomic E-state index is 11.8. The molecule has 6 nitrogen and oxygen atoms in total. The standard InChI is InChI=1S/C15H24N2O4/c1-21-15(20)13(10-6-7-10)17-12(18)8-9-16-14(19)11-4-2-3-5-11/h10-11,13H,2-9H2,1H3,(H,16,19)(H,17,18). The summed E-state index contributed by atoms with van der Waals surface area (Å²) in [6.45, 7) is 0.319. The molecule has 6 heteroatoms. The Bertz CT molecular complexity index is 400. The molecule has 2 aliphatic carbocycles. The van der Waals surface area contributed by atoms with E-state index in [1.807, 2.05) is 0 Å². The highest BCUT2D eigenvalue weighted by Gasteiger charge is 2.37. The minimum atomic E-state index is -0.534. The van der Waals surface area contributed by atoms with Gasteiger partial charge in [0, 0.05) is 18.9 Å². The highest BCUT2D eigenvalue weighted by Crippen LogP contribution is 2.33. The Morgan fingerprint density at radius 1 is 1.14 bits per heavy atom. The number of carbonyl (C=O) groups excluding carboxylic acids is 3. The molecule has 2 fully saturated rings. The predicted octanol–water partition coefficient (Wildman–Crippen LogP) is 0.751. The summed E-state index contributed by atoms with van der Waals surface area (Å²) < 4.78 is 4.70. The molecule has 0 aliphatic heterocycles. The van der Waals surface area contributed by atoms with E-state index in [9.17, 15) is 14.4 Å². The first-order valence-electron chi connectivity index (χ1n) is 7.76. The fraction of sp³-hybridized carbons (Fsp3) is 0.800. The predicted molar refractivity (Wildman–Crippen MR) is 76.3 cm³/mol. The van der Waals surface area contributed by atoms with Crippen molar-refractivity contribution in [1.82, 2.24) is 10.6 Å². The third kappa shape index (κ3) is 4.72. The average Bonchev–Trinajstić information content (AvgIpc) is 3.16. The van der Waals surface area contributed by atoms with Crippen LogP contribution in [0.3, 0.4) is 0 Å². The van der Waals surface area contributed by atoms with Crippen LogP contribution >= 0.6 is 0 Å². The van der Waals surface area contributed by atoms with Crippen molar-refractivity contribution in [1.29, 1.82) is 0 Å². The van der Waals surface area contributed by atoms with Crippen molar-refractivity contribution in [2.24, 2.45) is 11.8 Å². The van der Waals surface area contributed by atoms with Crippen molar-refractivity contribution in [2.75, 3.05) is 13.7 Å². The average molecular weight is 296 g/mol. The molecule has 0 bridgehead atoms. The van der Waals surface area contributed by atoms with E-state index in [4.69, 9.17) is 4.74 Å². The van der Waals surface area contributed by atoms with Gasteiger partial charge in [-0.15, -0.1) is 0 Å². The lowest BCUT2D eigenvalue weighted by Gasteiger charge is -2.16. The number of esters is 1. The van der Waals surface area contributed by atoms with E-state index in [0.717, 1.165) is 38.5 Å². The van der Waals surface area contributed by atoms with Crippen LogP contribution in [0.15, 0.2) is 0 Å². The van der Waals surface area contributed by atoms with E-state index in [2.05, 4.69) is 10.6 Å². The van der Waals surface area contributed by atoms with Crippen molar-refractivity contribution in [3.05, 3.63) is 0 Å². The number of carbonyl (C=O) groups is 3. The first kappa shape index (κ1) is 15.8. The Balaban J connectivity index is 1.66. The fourth-order valence-corrected chi connectivity index (χ4v) is 2.80. The van der Waals surface area contributed by atoms with Gasteiger partial charge in [0.2, 0.25) is 11.8 Å². The van der Waals surface area contributed by atoms with Crippen molar-refractivity contribution in [3.63, 3.8) is 0 Å². The van der Waals surface area contributed by atoms with Crippen LogP contribution in [0.4, 0.5) is 0 Å². The van der Waals surface area contributed by atoms with Crippen LogP contribution in [0, 0.1) is 11.8 Å². The second-order valence-corrected chi connectivity index (χ2v) is 5.93. The quantitative estimate of drug-likeness (QED) is 0.679. The summed E-state index contributed by atoms with van der Waals surface area (Å²) in [5.74, 6) is -0.242. The SMILES string of the molecule is COC(=O)C(NC(=O)CCNC(=O)C1CCCC1)C1CC1. The molecule has 0 aromatic rings. The first-order valence-corrected chi connectivity index (χ1v) is 7.76. The van der Waals surface area contributed by atoms with Gasteiger partial charge < -0.3 is 15.4 Å². The molecule has 2 N–H and O–H groups in total. The lowest BCUT2D eigenvalue weighted by Crippen LogP contribution is -2.44. The second-order valence-electron chi connectivity index (χ2n) is 5.93. The van der Waals surface area contributed by atoms with Gasteiger partial charge in [0.25, 0.3) is 0 Å². The Morgan fingerprint density at radius 3 is 2.38 bits per heavy atom. The molecule has 2 aliphatic rings. The number of nitrogens with one attached hydrogen (secondary N) is 2. The van der Waals surface area contributed by atoms with Crippen molar-refractivity contribution in [2.45, 2.75) is 51.0 Å². The number of methoxy groups -OCH3 is 1. The number of amides is 2. The lowest BCUT2D eigenvalue weighted by atomic mass is 10.1. The van der Waals surface area contributed by atoms with Gasteiger partial charge in [0.15, 0.2) is 0 Å². The van der Waals surface area contributed by atoms with Gasteiger partial charge in [0.1, 0.15) is 6.04 Å². The maximum Gasteiger partial charge on any atom is 0.328 e. The molecule has 0 saturated heterocycles. The zero-order chi connectivity index (χ0) is 15.2. The van der Waals surface area contributed by atoms with Crippen LogP contribution in [0.25, 0.3) is 0 Å². The van der Waals surface area contributed by atoms with Crippen LogP contribution in [0.1, 0.15) is 44.9 Å². The molecular formula is C15H24N2O4. The molecule has 118 valence electrons. The van der Waals surface area contributed by atoms with Gasteiger partial charge >= 0.3 is 5.97 Å². The van der Waals surface area contributed by atoms with E-state index >= 15 is 0 Å². The fourth-order valence-electron chi connectivity index (χ4n) is 2.80. The summed E-state index contributed by atoms with van der Waals surface area (Å²) >= 11 is 0. The van der Waals surface area contributed by atoms with Gasteiger partial charge in [0.05, 0.1) is 7.11 Å². The van der Waals surface area contributed by atoms with Crippen molar-refractivity contribution >= 4 is 17.8 Å². The highest BCUT2D eigenvalue weighted by molar-refractivity contribution is 5.85.